The van der Waals surface area contributed by atoms with E-state index in [1.807, 2.05) is 30.3 Å². The third kappa shape index (κ3) is 8.05. The highest BCUT2D eigenvalue weighted by Gasteiger charge is 2.22. The lowest BCUT2D eigenvalue weighted by atomic mass is 9.93. The van der Waals surface area contributed by atoms with E-state index in [-0.39, 0.29) is 0 Å². The fourth-order valence-corrected chi connectivity index (χ4v) is 5.80. The van der Waals surface area contributed by atoms with Crippen molar-refractivity contribution in [2.45, 2.75) is 90.9 Å². The number of carbonyl (C=O) groups excluding carboxylic acids is 2. The van der Waals surface area contributed by atoms with Crippen LogP contribution in [0.25, 0.3) is 21.5 Å². The van der Waals surface area contributed by atoms with Gasteiger partial charge in [-0.05, 0) is 73.7 Å². The van der Waals surface area contributed by atoms with Gasteiger partial charge in [0.25, 0.3) is 0 Å². The largest absolute Gasteiger partial charge is 0.492 e. The van der Waals surface area contributed by atoms with Crippen molar-refractivity contribution in [3.63, 3.8) is 0 Å². The molecule has 0 aliphatic carbocycles. The average Bonchev–Trinajstić information content (AvgIpc) is 2.92. The number of fused-ring (bicyclic) bond motifs is 2. The number of hydrogen-bond acceptors (Lipinski definition) is 4. The summed E-state index contributed by atoms with van der Waals surface area (Å²) < 4.78 is 14.1. The summed E-state index contributed by atoms with van der Waals surface area (Å²) in [6, 6.07) is 9.70. The van der Waals surface area contributed by atoms with Gasteiger partial charge in [-0.15, -0.1) is 0 Å². The van der Waals surface area contributed by atoms with Gasteiger partial charge in [0.2, 0.25) is 5.78 Å². The monoisotopic (exact) mass is 646 g/mol. The number of rotatable bonds is 18. The van der Waals surface area contributed by atoms with E-state index in [2.05, 4.69) is 45.7 Å². The Labute approximate surface area is 244 Å². The zero-order valence-electron chi connectivity index (χ0n) is 22.8. The molecular weight excluding hydrogens is 608 g/mol. The summed E-state index contributed by atoms with van der Waals surface area (Å²) in [6.45, 7) is 5.60. The summed E-state index contributed by atoms with van der Waals surface area (Å²) in [6.07, 6.45) is 14.5. The van der Waals surface area contributed by atoms with Crippen molar-refractivity contribution in [3.05, 3.63) is 44.8 Å². The molecular formula is C32H40Br2O4. The lowest BCUT2D eigenvalue weighted by molar-refractivity contribution is -0.104. The highest BCUT2D eigenvalue weighted by Crippen LogP contribution is 2.43. The van der Waals surface area contributed by atoms with E-state index in [9.17, 15) is 9.59 Å². The molecule has 0 saturated carbocycles. The lowest BCUT2D eigenvalue weighted by Crippen LogP contribution is -2.06. The van der Waals surface area contributed by atoms with Crippen LogP contribution in [0.5, 0.6) is 11.5 Å². The third-order valence-electron chi connectivity index (χ3n) is 6.95. The van der Waals surface area contributed by atoms with Crippen molar-refractivity contribution in [2.24, 2.45) is 0 Å². The number of unbranched alkanes of at least 4 members (excludes halogenated alkanes) is 10. The van der Waals surface area contributed by atoms with Gasteiger partial charge >= 0.3 is 0 Å². The standard InChI is InChI=1S/C32H40Br2O4/c1-3-5-7-9-11-13-19-37-31-25-21-23-15-17-27(34)32(38-20-14-12-10-8-6-4-2)29(23)30(28(36)22-35)24(25)16-18-26(31)33/h15-18,21-22H,3-14,19-20H2,1-2H3. The second kappa shape index (κ2) is 16.2. The third-order valence-corrected chi connectivity index (χ3v) is 8.20. The van der Waals surface area contributed by atoms with E-state index >= 15 is 0 Å². The molecule has 206 valence electrons. The summed E-state index contributed by atoms with van der Waals surface area (Å²) in [5, 5.41) is 3.01. The summed E-state index contributed by atoms with van der Waals surface area (Å²) in [5.74, 6) is 0.753. The second-order valence-electron chi connectivity index (χ2n) is 9.91. The van der Waals surface area contributed by atoms with Crippen LogP contribution in [0.3, 0.4) is 0 Å². The first-order chi connectivity index (χ1) is 18.5. The van der Waals surface area contributed by atoms with Gasteiger partial charge in [0.05, 0.1) is 22.2 Å². The summed E-state index contributed by atoms with van der Waals surface area (Å²) in [7, 11) is 0. The number of benzene rings is 3. The molecule has 0 unspecified atom stereocenters. The summed E-state index contributed by atoms with van der Waals surface area (Å²) in [4.78, 5) is 24.9. The number of halogens is 2. The molecule has 0 spiro atoms. The molecule has 38 heavy (non-hydrogen) atoms. The second-order valence-corrected chi connectivity index (χ2v) is 11.6. The molecule has 0 saturated heterocycles. The molecule has 0 amide bonds. The van der Waals surface area contributed by atoms with Crippen LogP contribution in [0.1, 0.15) is 101 Å². The van der Waals surface area contributed by atoms with Crippen LogP contribution in [0.4, 0.5) is 0 Å². The molecule has 0 N–H and O–H groups in total. The number of ether oxygens (including phenoxy) is 2. The Kier molecular flexibility index (Phi) is 13.1. The fourth-order valence-electron chi connectivity index (χ4n) is 4.89. The van der Waals surface area contributed by atoms with E-state index in [4.69, 9.17) is 9.47 Å². The Morgan fingerprint density at radius 3 is 1.84 bits per heavy atom. The van der Waals surface area contributed by atoms with Crippen LogP contribution >= 0.6 is 31.9 Å². The van der Waals surface area contributed by atoms with Crippen LogP contribution < -0.4 is 9.47 Å². The maximum atomic E-state index is 13.1. The number of aldehydes is 1. The van der Waals surface area contributed by atoms with Crippen LogP contribution in [0, 0.1) is 0 Å². The van der Waals surface area contributed by atoms with Gasteiger partial charge < -0.3 is 9.47 Å². The van der Waals surface area contributed by atoms with Crippen molar-refractivity contribution in [1.29, 1.82) is 0 Å². The van der Waals surface area contributed by atoms with Crippen LogP contribution in [-0.4, -0.2) is 25.3 Å². The lowest BCUT2D eigenvalue weighted by Gasteiger charge is -2.18. The predicted molar refractivity (Wildman–Crippen MR) is 165 cm³/mol. The smallest absolute Gasteiger partial charge is 0.226 e. The molecule has 0 fully saturated rings. The van der Waals surface area contributed by atoms with Crippen molar-refractivity contribution < 1.29 is 19.1 Å². The van der Waals surface area contributed by atoms with E-state index in [1.54, 1.807) is 0 Å². The van der Waals surface area contributed by atoms with Crippen LogP contribution in [0.15, 0.2) is 39.3 Å². The fraction of sp³-hybridized carbons (Fsp3) is 0.500. The molecule has 0 radical (unpaired) electrons. The molecule has 4 nitrogen and oxygen atoms in total. The Hall–Kier alpha value is -1.92. The average molecular weight is 648 g/mol. The zero-order valence-corrected chi connectivity index (χ0v) is 25.9. The minimum Gasteiger partial charge on any atom is -0.492 e. The van der Waals surface area contributed by atoms with Gasteiger partial charge in [-0.25, -0.2) is 0 Å². The Morgan fingerprint density at radius 2 is 1.24 bits per heavy atom. The molecule has 0 aliphatic rings. The molecule has 3 rings (SSSR count). The molecule has 0 aliphatic heterocycles. The molecule has 0 aromatic heterocycles. The number of ketones is 1. The van der Waals surface area contributed by atoms with Crippen molar-refractivity contribution in [2.75, 3.05) is 13.2 Å². The van der Waals surface area contributed by atoms with Crippen molar-refractivity contribution in [3.8, 4) is 11.5 Å². The summed E-state index contributed by atoms with van der Waals surface area (Å²) in [5.41, 5.74) is 0.365. The normalized spacial score (nSPS) is 11.3. The van der Waals surface area contributed by atoms with Gasteiger partial charge in [-0.3, -0.25) is 9.59 Å². The first kappa shape index (κ1) is 30.6. The molecule has 0 bridgehead atoms. The Bertz CT molecular complexity index is 1220. The van der Waals surface area contributed by atoms with E-state index in [1.165, 1.54) is 51.4 Å². The molecule has 0 heterocycles. The minimum absolute atomic E-state index is 0.365. The number of Topliss-reactive ketones (excluding diaryl/α,β-unsaturated/α-hetero) is 1. The predicted octanol–water partition coefficient (Wildman–Crippen LogP) is 10.4. The van der Waals surface area contributed by atoms with Gasteiger partial charge in [0.15, 0.2) is 6.29 Å². The van der Waals surface area contributed by atoms with Crippen LogP contribution in [-0.2, 0) is 4.79 Å². The molecule has 3 aromatic carbocycles. The summed E-state index contributed by atoms with van der Waals surface area (Å²) >= 11 is 7.27. The highest BCUT2D eigenvalue weighted by molar-refractivity contribution is 9.11. The quantitative estimate of drug-likeness (QED) is 0.0453. The maximum absolute atomic E-state index is 13.1. The molecule has 0 atom stereocenters. The van der Waals surface area contributed by atoms with E-state index < -0.39 is 5.78 Å². The Balaban J connectivity index is 1.93. The first-order valence-electron chi connectivity index (χ1n) is 14.2. The number of carbonyl (C=O) groups is 2. The SMILES string of the molecule is CCCCCCCCOc1c(Br)ccc2c(C(=O)C=O)c3c(OCCCCCCCC)c(Br)ccc3cc12. The topological polar surface area (TPSA) is 52.6 Å². The number of hydrogen-bond donors (Lipinski definition) is 0. The van der Waals surface area contributed by atoms with Gasteiger partial charge in [-0.1, -0.05) is 90.2 Å². The van der Waals surface area contributed by atoms with Gasteiger partial charge in [0, 0.05) is 16.3 Å². The van der Waals surface area contributed by atoms with Crippen LogP contribution in [0.2, 0.25) is 0 Å². The van der Waals surface area contributed by atoms with E-state index in [0.717, 1.165) is 45.4 Å². The van der Waals surface area contributed by atoms with Crippen molar-refractivity contribution >= 4 is 65.5 Å². The first-order valence-corrected chi connectivity index (χ1v) is 15.7. The van der Waals surface area contributed by atoms with Gasteiger partial charge in [0.1, 0.15) is 11.5 Å². The zero-order chi connectivity index (χ0) is 27.3. The van der Waals surface area contributed by atoms with Crippen molar-refractivity contribution in [1.82, 2.24) is 0 Å². The van der Waals surface area contributed by atoms with Gasteiger partial charge in [-0.2, -0.15) is 0 Å². The molecule has 6 heteroatoms. The maximum Gasteiger partial charge on any atom is 0.226 e. The highest BCUT2D eigenvalue weighted by atomic mass is 79.9. The van der Waals surface area contributed by atoms with E-state index in [0.29, 0.717) is 47.3 Å². The Morgan fingerprint density at radius 1 is 0.711 bits per heavy atom. The minimum atomic E-state index is -0.563. The molecule has 3 aromatic rings.